The van der Waals surface area contributed by atoms with E-state index in [4.69, 9.17) is 10.2 Å². The van der Waals surface area contributed by atoms with Crippen molar-refractivity contribution in [2.45, 2.75) is 13.0 Å². The van der Waals surface area contributed by atoms with E-state index in [-0.39, 0.29) is 17.2 Å². The van der Waals surface area contributed by atoms with Crippen LogP contribution in [0.1, 0.15) is 18.5 Å². The largest absolute Gasteiger partial charge is 0.453 e. The first kappa shape index (κ1) is 12.8. The van der Waals surface area contributed by atoms with Gasteiger partial charge in [-0.05, 0) is 36.8 Å². The van der Waals surface area contributed by atoms with Gasteiger partial charge in [-0.15, -0.1) is 0 Å². The molecule has 0 aliphatic carbocycles. The Morgan fingerprint density at radius 1 is 1.05 bits per heavy atom. The highest BCUT2D eigenvalue weighted by molar-refractivity contribution is 5.83. The number of hydrogen-bond acceptors (Lipinski definition) is 2. The number of para-hydroxylation sites is 1. The molecule has 1 atom stereocenters. The molecule has 3 aromatic rings. The second-order valence-electron chi connectivity index (χ2n) is 4.80. The Morgan fingerprint density at radius 3 is 2.55 bits per heavy atom. The summed E-state index contributed by atoms with van der Waals surface area (Å²) in [6.45, 7) is 1.81. The molecule has 0 spiro atoms. The summed E-state index contributed by atoms with van der Waals surface area (Å²) >= 11 is 0. The van der Waals surface area contributed by atoms with Crippen molar-refractivity contribution in [1.82, 2.24) is 0 Å². The van der Waals surface area contributed by atoms with Crippen molar-refractivity contribution >= 4 is 11.0 Å². The topological polar surface area (TPSA) is 39.2 Å². The Labute approximate surface area is 114 Å². The van der Waals surface area contributed by atoms with E-state index in [1.165, 1.54) is 12.1 Å². The van der Waals surface area contributed by atoms with Gasteiger partial charge in [0.05, 0.1) is 5.56 Å². The SMILES string of the molecule is CC(N)c1ccc(F)c(-c2cc3cccc(F)c3o2)c1. The summed E-state index contributed by atoms with van der Waals surface area (Å²) in [4.78, 5) is 0. The number of furan rings is 1. The van der Waals surface area contributed by atoms with Crippen LogP contribution in [0.2, 0.25) is 0 Å². The molecule has 2 aromatic carbocycles. The zero-order valence-corrected chi connectivity index (χ0v) is 10.9. The Kier molecular flexibility index (Phi) is 3.03. The fourth-order valence-corrected chi connectivity index (χ4v) is 2.18. The maximum atomic E-state index is 14.0. The van der Waals surface area contributed by atoms with Gasteiger partial charge in [0.2, 0.25) is 0 Å². The maximum Gasteiger partial charge on any atom is 0.170 e. The van der Waals surface area contributed by atoms with Gasteiger partial charge in [0, 0.05) is 11.4 Å². The van der Waals surface area contributed by atoms with E-state index in [9.17, 15) is 8.78 Å². The van der Waals surface area contributed by atoms with Gasteiger partial charge >= 0.3 is 0 Å². The smallest absolute Gasteiger partial charge is 0.170 e. The highest BCUT2D eigenvalue weighted by atomic mass is 19.1. The molecule has 2 N–H and O–H groups in total. The first-order chi connectivity index (χ1) is 9.56. The van der Waals surface area contributed by atoms with Gasteiger partial charge in [-0.25, -0.2) is 8.78 Å². The monoisotopic (exact) mass is 273 g/mol. The lowest BCUT2D eigenvalue weighted by Crippen LogP contribution is -2.05. The Hall–Kier alpha value is -2.20. The molecule has 102 valence electrons. The normalized spacial score (nSPS) is 12.8. The number of hydrogen-bond donors (Lipinski definition) is 1. The summed E-state index contributed by atoms with van der Waals surface area (Å²) in [6, 6.07) is 10.6. The van der Waals surface area contributed by atoms with Gasteiger partial charge in [-0.2, -0.15) is 0 Å². The molecule has 4 heteroatoms. The van der Waals surface area contributed by atoms with Gasteiger partial charge in [0.1, 0.15) is 11.6 Å². The average molecular weight is 273 g/mol. The van der Waals surface area contributed by atoms with Crippen molar-refractivity contribution in [2.24, 2.45) is 5.73 Å². The first-order valence-electron chi connectivity index (χ1n) is 6.29. The van der Waals surface area contributed by atoms with E-state index in [1.54, 1.807) is 30.3 Å². The summed E-state index contributed by atoms with van der Waals surface area (Å²) in [5.74, 6) is -0.587. The minimum atomic E-state index is -0.461. The third kappa shape index (κ3) is 2.08. The summed E-state index contributed by atoms with van der Waals surface area (Å²) in [5, 5.41) is 0.602. The predicted octanol–water partition coefficient (Wildman–Crippen LogP) is 4.40. The van der Waals surface area contributed by atoms with E-state index in [2.05, 4.69) is 0 Å². The van der Waals surface area contributed by atoms with E-state index < -0.39 is 11.6 Å². The molecule has 20 heavy (non-hydrogen) atoms. The fourth-order valence-electron chi connectivity index (χ4n) is 2.18. The number of benzene rings is 2. The highest BCUT2D eigenvalue weighted by Gasteiger charge is 2.14. The Morgan fingerprint density at radius 2 is 1.85 bits per heavy atom. The summed E-state index contributed by atoms with van der Waals surface area (Å²) < 4.78 is 33.0. The molecular formula is C16H13F2NO. The Bertz CT molecular complexity index is 777. The molecule has 0 saturated carbocycles. The quantitative estimate of drug-likeness (QED) is 0.751. The molecule has 1 aromatic heterocycles. The van der Waals surface area contributed by atoms with Crippen LogP contribution in [0.15, 0.2) is 46.9 Å². The van der Waals surface area contributed by atoms with Crippen molar-refractivity contribution in [1.29, 1.82) is 0 Å². The van der Waals surface area contributed by atoms with Crippen molar-refractivity contribution in [3.63, 3.8) is 0 Å². The van der Waals surface area contributed by atoms with Crippen LogP contribution in [0, 0.1) is 11.6 Å². The third-order valence-corrected chi connectivity index (χ3v) is 3.28. The molecule has 0 amide bonds. The molecule has 1 heterocycles. The lowest BCUT2D eigenvalue weighted by molar-refractivity contribution is 0.562. The molecule has 0 aliphatic heterocycles. The van der Waals surface area contributed by atoms with Crippen molar-refractivity contribution < 1.29 is 13.2 Å². The lowest BCUT2D eigenvalue weighted by atomic mass is 10.0. The van der Waals surface area contributed by atoms with E-state index >= 15 is 0 Å². The minimum absolute atomic E-state index is 0.133. The molecule has 0 fully saturated rings. The zero-order valence-electron chi connectivity index (χ0n) is 10.9. The van der Waals surface area contributed by atoms with Gasteiger partial charge in [0.25, 0.3) is 0 Å². The number of rotatable bonds is 2. The minimum Gasteiger partial charge on any atom is -0.453 e. The first-order valence-corrected chi connectivity index (χ1v) is 6.29. The zero-order chi connectivity index (χ0) is 14.3. The molecule has 3 rings (SSSR count). The average Bonchev–Trinajstić information content (AvgIpc) is 2.84. The van der Waals surface area contributed by atoms with Crippen LogP contribution >= 0.6 is 0 Å². The van der Waals surface area contributed by atoms with Crippen LogP contribution in [-0.4, -0.2) is 0 Å². The van der Waals surface area contributed by atoms with Crippen LogP contribution in [0.4, 0.5) is 8.78 Å². The van der Waals surface area contributed by atoms with Gasteiger partial charge in [0.15, 0.2) is 11.4 Å². The van der Waals surface area contributed by atoms with Gasteiger partial charge < -0.3 is 10.2 Å². The lowest BCUT2D eigenvalue weighted by Gasteiger charge is -2.07. The van der Waals surface area contributed by atoms with Crippen molar-refractivity contribution in [2.75, 3.05) is 0 Å². The third-order valence-electron chi connectivity index (χ3n) is 3.28. The second-order valence-corrected chi connectivity index (χ2v) is 4.80. The summed E-state index contributed by atoms with van der Waals surface area (Å²) in [6.07, 6.45) is 0. The van der Waals surface area contributed by atoms with Crippen LogP contribution in [0.3, 0.4) is 0 Å². The molecule has 0 saturated heterocycles. The highest BCUT2D eigenvalue weighted by Crippen LogP contribution is 2.32. The van der Waals surface area contributed by atoms with Crippen LogP contribution in [0.5, 0.6) is 0 Å². The van der Waals surface area contributed by atoms with Gasteiger partial charge in [-0.3, -0.25) is 0 Å². The number of nitrogens with two attached hydrogens (primary N) is 1. The molecule has 0 radical (unpaired) electrons. The van der Waals surface area contributed by atoms with Crippen LogP contribution in [0.25, 0.3) is 22.3 Å². The van der Waals surface area contributed by atoms with Gasteiger partial charge in [-0.1, -0.05) is 18.2 Å². The van der Waals surface area contributed by atoms with E-state index in [1.807, 2.05) is 6.92 Å². The van der Waals surface area contributed by atoms with E-state index in [0.29, 0.717) is 11.1 Å². The molecule has 1 unspecified atom stereocenters. The van der Waals surface area contributed by atoms with Crippen molar-refractivity contribution in [3.05, 3.63) is 59.7 Å². The maximum absolute atomic E-state index is 14.0. The van der Waals surface area contributed by atoms with E-state index in [0.717, 1.165) is 5.56 Å². The predicted molar refractivity (Wildman–Crippen MR) is 74.2 cm³/mol. The van der Waals surface area contributed by atoms with Crippen molar-refractivity contribution in [3.8, 4) is 11.3 Å². The van der Waals surface area contributed by atoms with Crippen LogP contribution < -0.4 is 5.73 Å². The molecule has 2 nitrogen and oxygen atoms in total. The second kappa shape index (κ2) is 4.72. The van der Waals surface area contributed by atoms with Crippen LogP contribution in [-0.2, 0) is 0 Å². The fraction of sp³-hybridized carbons (Fsp3) is 0.125. The summed E-state index contributed by atoms with van der Waals surface area (Å²) in [5.41, 5.74) is 7.01. The Balaban J connectivity index is 2.20. The summed E-state index contributed by atoms with van der Waals surface area (Å²) in [7, 11) is 0. The standard InChI is InChI=1S/C16H13F2NO/c1-9(19)10-5-6-13(17)12(7-10)15-8-11-3-2-4-14(18)16(11)20-15/h2-9H,19H2,1H3. The molecular weight excluding hydrogens is 260 g/mol. The molecule has 0 aliphatic rings. The molecule has 0 bridgehead atoms. The number of fused-ring (bicyclic) bond motifs is 1. The number of halogens is 2.